The van der Waals surface area contributed by atoms with Gasteiger partial charge in [-0.3, -0.25) is 18.9 Å². The summed E-state index contributed by atoms with van der Waals surface area (Å²) in [6, 6.07) is 3.37. The van der Waals surface area contributed by atoms with Gasteiger partial charge < -0.3 is 42.8 Å². The molecule has 0 radical (unpaired) electrons. The topological polar surface area (TPSA) is 178 Å². The Kier molecular flexibility index (Phi) is 25.8. The Bertz CT molecular complexity index is 1490. The quantitative estimate of drug-likeness (QED) is 0.0272. The molecule has 1 unspecified atom stereocenters. The molecule has 1 rings (SSSR count). The molecule has 0 heterocycles. The number of benzene rings is 1. The van der Waals surface area contributed by atoms with Crippen LogP contribution in [0.4, 0.5) is 0 Å². The molecule has 0 amide bonds. The zero-order chi connectivity index (χ0) is 40.8. The van der Waals surface area contributed by atoms with E-state index in [1.165, 1.54) is 0 Å². The predicted molar refractivity (Wildman–Crippen MR) is 210 cm³/mol. The van der Waals surface area contributed by atoms with Crippen LogP contribution in [0.15, 0.2) is 91.1 Å². The van der Waals surface area contributed by atoms with Crippen LogP contribution in [-0.2, 0) is 37.5 Å². The summed E-state index contributed by atoms with van der Waals surface area (Å²) in [5, 5.41) is 19.0. The number of allylic oxidation sites excluding steroid dienone is 12. The molecule has 306 valence electrons. The summed E-state index contributed by atoms with van der Waals surface area (Å²) in [6.45, 7) is 1.27. The molecule has 0 saturated heterocycles. The monoisotopic (exact) mass is 789 g/mol. The summed E-state index contributed by atoms with van der Waals surface area (Å²) in [7, 11) is 0.858. The van der Waals surface area contributed by atoms with Crippen molar-refractivity contribution >= 4 is 25.7 Å². The number of carbonyl (C=O) groups is 3. The minimum absolute atomic E-state index is 0.000718. The fourth-order valence-electron chi connectivity index (χ4n) is 4.28. The van der Waals surface area contributed by atoms with E-state index in [0.717, 1.165) is 50.3 Å². The molecule has 0 fully saturated rings. The van der Waals surface area contributed by atoms with E-state index in [0.29, 0.717) is 23.9 Å². The van der Waals surface area contributed by atoms with Crippen molar-refractivity contribution in [3.05, 3.63) is 91.1 Å². The molecule has 0 aliphatic rings. The molecule has 2 atom stereocenters. The van der Waals surface area contributed by atoms with E-state index in [2.05, 4.69) is 61.6 Å². The van der Waals surface area contributed by atoms with Crippen molar-refractivity contribution in [3.63, 3.8) is 0 Å². The van der Waals surface area contributed by atoms with E-state index >= 15 is 0 Å². The van der Waals surface area contributed by atoms with E-state index in [1.807, 2.05) is 39.4 Å². The smallest absolute Gasteiger partial charge is 0.311 e. The highest BCUT2D eigenvalue weighted by Crippen LogP contribution is 2.38. The average molecular weight is 790 g/mol. The SMILES string of the molecule is CC/C=C\C/C=C\C/C=C\C/C=C\C/C=C\C/C=C\CCC(=O)O[C@H](COC(=O)CCCC(=O)Oc1cc(O)cc(O)c1)COP(=O)([O-])OCC[N+](C)(C)C. The van der Waals surface area contributed by atoms with Gasteiger partial charge in [-0.2, -0.15) is 0 Å². The van der Waals surface area contributed by atoms with Gasteiger partial charge in [0, 0.05) is 37.5 Å². The molecule has 55 heavy (non-hydrogen) atoms. The molecule has 0 aliphatic heterocycles. The van der Waals surface area contributed by atoms with Crippen LogP contribution in [0.25, 0.3) is 0 Å². The number of hydrogen-bond donors (Lipinski definition) is 2. The number of phenols is 2. The highest BCUT2D eigenvalue weighted by atomic mass is 31.2. The third-order valence-electron chi connectivity index (χ3n) is 7.14. The lowest BCUT2D eigenvalue weighted by molar-refractivity contribution is -0.870. The Labute approximate surface area is 326 Å². The van der Waals surface area contributed by atoms with Crippen molar-refractivity contribution in [2.45, 2.75) is 83.7 Å². The van der Waals surface area contributed by atoms with Gasteiger partial charge in [0.05, 0.1) is 27.7 Å². The Hall–Kier alpha value is -4.26. The van der Waals surface area contributed by atoms with Crippen molar-refractivity contribution in [1.82, 2.24) is 0 Å². The van der Waals surface area contributed by atoms with Crippen LogP contribution < -0.4 is 9.63 Å². The molecular formula is C41H60NO12P. The summed E-state index contributed by atoms with van der Waals surface area (Å²) >= 11 is 0. The van der Waals surface area contributed by atoms with E-state index < -0.39 is 45.0 Å². The molecule has 0 saturated carbocycles. The van der Waals surface area contributed by atoms with Gasteiger partial charge in [0.15, 0.2) is 6.10 Å². The largest absolute Gasteiger partial charge is 0.756 e. The summed E-state index contributed by atoms with van der Waals surface area (Å²) in [5.74, 6) is -2.72. The number of esters is 3. The highest BCUT2D eigenvalue weighted by molar-refractivity contribution is 7.45. The maximum Gasteiger partial charge on any atom is 0.311 e. The second kappa shape index (κ2) is 29.1. The standard InChI is InChI=1S/C41H60NO12P/c1-5-6-7-8-9-10-11-12-13-14-15-16-17-18-19-20-21-22-23-25-40(46)54-38(34-52-55(48,49)51-29-28-42(2,3)4)33-50-39(45)26-24-27-41(47)53-37-31-35(43)30-36(44)32-37/h6-7,9-10,12-13,15-16,18-19,21-22,30-32,38H,5,8,11,14,17,20,23-29,33-34H2,1-4H3,(H2-,43,44,48,49)/b7-6-,10-9-,13-12-,16-15-,19-18-,22-21-/t38-/m1/s1. The van der Waals surface area contributed by atoms with Crippen LogP contribution in [0.3, 0.4) is 0 Å². The molecule has 0 bridgehead atoms. The van der Waals surface area contributed by atoms with Gasteiger partial charge in [0.25, 0.3) is 7.82 Å². The first-order valence-corrected chi connectivity index (χ1v) is 20.0. The zero-order valence-electron chi connectivity index (χ0n) is 32.7. The summed E-state index contributed by atoms with van der Waals surface area (Å²) in [4.78, 5) is 49.4. The van der Waals surface area contributed by atoms with Gasteiger partial charge in [-0.15, -0.1) is 0 Å². The normalized spacial score (nSPS) is 14.1. The highest BCUT2D eigenvalue weighted by Gasteiger charge is 2.22. The maximum absolute atomic E-state index is 12.6. The number of nitrogens with zero attached hydrogens (tertiary/aromatic N) is 1. The summed E-state index contributed by atoms with van der Waals surface area (Å²) in [6.07, 6.45) is 29.2. The minimum atomic E-state index is -4.75. The average Bonchev–Trinajstić information content (AvgIpc) is 3.09. The van der Waals surface area contributed by atoms with Crippen molar-refractivity contribution in [2.75, 3.05) is 47.5 Å². The maximum atomic E-state index is 12.6. The lowest BCUT2D eigenvalue weighted by Crippen LogP contribution is -2.37. The number of carbonyl (C=O) groups excluding carboxylic acids is 3. The van der Waals surface area contributed by atoms with Gasteiger partial charge in [0.1, 0.15) is 37.0 Å². The van der Waals surface area contributed by atoms with Crippen LogP contribution in [-0.4, -0.2) is 86.2 Å². The second-order valence-corrected chi connectivity index (χ2v) is 14.8. The van der Waals surface area contributed by atoms with Gasteiger partial charge >= 0.3 is 17.9 Å². The van der Waals surface area contributed by atoms with Gasteiger partial charge in [0.2, 0.25) is 0 Å². The third kappa shape index (κ3) is 29.7. The summed E-state index contributed by atoms with van der Waals surface area (Å²) in [5.41, 5.74) is 0. The second-order valence-electron chi connectivity index (χ2n) is 13.4. The summed E-state index contributed by atoms with van der Waals surface area (Å²) < 4.78 is 38.2. The van der Waals surface area contributed by atoms with Gasteiger partial charge in [-0.25, -0.2) is 0 Å². The number of phosphoric ester groups is 1. The first-order valence-electron chi connectivity index (χ1n) is 18.6. The van der Waals surface area contributed by atoms with Crippen LogP contribution in [0.1, 0.15) is 77.6 Å². The molecule has 1 aromatic carbocycles. The van der Waals surface area contributed by atoms with Gasteiger partial charge in [-0.05, 0) is 51.4 Å². The van der Waals surface area contributed by atoms with Crippen LogP contribution >= 0.6 is 7.82 Å². The minimum Gasteiger partial charge on any atom is -0.756 e. The Morgan fingerprint density at radius 3 is 1.75 bits per heavy atom. The number of aromatic hydroxyl groups is 2. The molecule has 0 aliphatic carbocycles. The number of likely N-dealkylation sites (N-methyl/N-ethyl adjacent to an activating group) is 1. The molecule has 1 aromatic rings. The van der Waals surface area contributed by atoms with E-state index in [9.17, 15) is 34.1 Å². The zero-order valence-corrected chi connectivity index (χ0v) is 33.6. The Morgan fingerprint density at radius 1 is 0.709 bits per heavy atom. The van der Waals surface area contributed by atoms with E-state index in [4.69, 9.17) is 23.3 Å². The fraction of sp³-hybridized carbons (Fsp3) is 0.488. The number of phosphoric acid groups is 1. The first kappa shape index (κ1) is 48.8. The number of phenolic OH excluding ortho intramolecular Hbond substituents is 2. The molecule has 2 N–H and O–H groups in total. The van der Waals surface area contributed by atoms with E-state index in [-0.39, 0.29) is 49.5 Å². The molecule has 0 spiro atoms. The molecule has 14 heteroatoms. The number of hydrogen-bond acceptors (Lipinski definition) is 12. The molecule has 0 aromatic heterocycles. The number of ether oxygens (including phenoxy) is 3. The number of quaternary nitrogens is 1. The van der Waals surface area contributed by atoms with Crippen LogP contribution in [0.2, 0.25) is 0 Å². The number of rotatable bonds is 29. The lowest BCUT2D eigenvalue weighted by atomic mass is 10.2. The molecule has 13 nitrogen and oxygen atoms in total. The van der Waals surface area contributed by atoms with Crippen LogP contribution in [0, 0.1) is 0 Å². The van der Waals surface area contributed by atoms with Crippen molar-refractivity contribution in [3.8, 4) is 17.2 Å². The van der Waals surface area contributed by atoms with Crippen molar-refractivity contribution < 1.29 is 61.8 Å². The Balaban J connectivity index is 2.49. The Morgan fingerprint density at radius 2 is 1.22 bits per heavy atom. The molecular weight excluding hydrogens is 729 g/mol. The first-order chi connectivity index (χ1) is 26.2. The fourth-order valence-corrected chi connectivity index (χ4v) is 5.01. The lowest BCUT2D eigenvalue weighted by Gasteiger charge is -2.28. The van der Waals surface area contributed by atoms with Crippen molar-refractivity contribution in [2.24, 2.45) is 0 Å². The predicted octanol–water partition coefficient (Wildman–Crippen LogP) is 7.31. The third-order valence-corrected chi connectivity index (χ3v) is 8.10. The van der Waals surface area contributed by atoms with Crippen LogP contribution in [0.5, 0.6) is 17.2 Å². The van der Waals surface area contributed by atoms with E-state index in [1.54, 1.807) is 0 Å². The van der Waals surface area contributed by atoms with Gasteiger partial charge in [-0.1, -0.05) is 79.8 Å². The van der Waals surface area contributed by atoms with Crippen molar-refractivity contribution in [1.29, 1.82) is 0 Å².